The molecule has 2 heterocycles. The van der Waals surface area contributed by atoms with Crippen LogP contribution in [0.25, 0.3) is 21.3 Å². The van der Waals surface area contributed by atoms with Gasteiger partial charge in [0.05, 0.1) is 12.5 Å². The maximum absolute atomic E-state index is 13.6. The first kappa shape index (κ1) is 20.8. The molecular formula is C24H23N3O3S. The van der Waals surface area contributed by atoms with Gasteiger partial charge in [0, 0.05) is 30.3 Å². The number of primary amides is 1. The molecule has 0 saturated heterocycles. The zero-order chi connectivity index (χ0) is 21.8. The van der Waals surface area contributed by atoms with Crippen LogP contribution in [0, 0.1) is 0 Å². The molecule has 6 nitrogen and oxygen atoms in total. The molecule has 0 aliphatic rings. The van der Waals surface area contributed by atoms with Crippen molar-refractivity contribution in [1.82, 2.24) is 9.55 Å². The van der Waals surface area contributed by atoms with Gasteiger partial charge in [-0.05, 0) is 29.7 Å². The van der Waals surface area contributed by atoms with Crippen molar-refractivity contribution < 1.29 is 9.53 Å². The van der Waals surface area contributed by atoms with Gasteiger partial charge in [-0.1, -0.05) is 42.5 Å². The molecule has 4 rings (SSSR count). The molecule has 7 heteroatoms. The van der Waals surface area contributed by atoms with Crippen LogP contribution in [0.3, 0.4) is 0 Å². The summed E-state index contributed by atoms with van der Waals surface area (Å²) >= 11 is 1.46. The Labute approximate surface area is 183 Å². The van der Waals surface area contributed by atoms with Crippen LogP contribution in [0.1, 0.15) is 24.2 Å². The number of benzene rings is 2. The van der Waals surface area contributed by atoms with Crippen LogP contribution >= 0.6 is 11.3 Å². The van der Waals surface area contributed by atoms with Crippen molar-refractivity contribution in [1.29, 1.82) is 0 Å². The van der Waals surface area contributed by atoms with E-state index in [1.165, 1.54) is 11.3 Å². The smallest absolute Gasteiger partial charge is 0.262 e. The summed E-state index contributed by atoms with van der Waals surface area (Å²) < 4.78 is 7.03. The van der Waals surface area contributed by atoms with Crippen LogP contribution in [0.5, 0.6) is 5.75 Å². The summed E-state index contributed by atoms with van der Waals surface area (Å²) in [6, 6.07) is 17.6. The van der Waals surface area contributed by atoms with Crippen molar-refractivity contribution in [3.05, 3.63) is 81.7 Å². The zero-order valence-corrected chi connectivity index (χ0v) is 18.0. The van der Waals surface area contributed by atoms with Gasteiger partial charge in [-0.3, -0.25) is 14.2 Å². The number of amides is 1. The molecule has 0 aliphatic heterocycles. The molecule has 0 atom stereocenters. The number of thiophene rings is 1. The topological polar surface area (TPSA) is 87.2 Å². The van der Waals surface area contributed by atoms with E-state index in [-0.39, 0.29) is 17.9 Å². The van der Waals surface area contributed by atoms with Gasteiger partial charge in [0.25, 0.3) is 5.56 Å². The van der Waals surface area contributed by atoms with Crippen molar-refractivity contribution in [2.24, 2.45) is 5.73 Å². The van der Waals surface area contributed by atoms with E-state index >= 15 is 0 Å². The molecule has 1 amide bonds. The van der Waals surface area contributed by atoms with E-state index in [0.717, 1.165) is 22.4 Å². The van der Waals surface area contributed by atoms with Crippen LogP contribution < -0.4 is 16.0 Å². The second kappa shape index (κ2) is 9.14. The summed E-state index contributed by atoms with van der Waals surface area (Å²) in [7, 11) is 1.62. The molecule has 4 aromatic rings. The molecule has 0 saturated carbocycles. The van der Waals surface area contributed by atoms with Crippen LogP contribution in [0.4, 0.5) is 0 Å². The highest BCUT2D eigenvalue weighted by atomic mass is 32.1. The highest BCUT2D eigenvalue weighted by molar-refractivity contribution is 7.17. The van der Waals surface area contributed by atoms with Crippen LogP contribution in [-0.4, -0.2) is 22.6 Å². The first-order valence-corrected chi connectivity index (χ1v) is 10.9. The second-order valence-corrected chi connectivity index (χ2v) is 8.14. The number of nitrogens with two attached hydrogens (primary N) is 1. The van der Waals surface area contributed by atoms with Crippen LogP contribution in [0.15, 0.2) is 64.8 Å². The average Bonchev–Trinajstić information content (AvgIpc) is 3.20. The number of carbonyl (C=O) groups is 1. The van der Waals surface area contributed by atoms with Gasteiger partial charge >= 0.3 is 0 Å². The minimum absolute atomic E-state index is 0.0977. The van der Waals surface area contributed by atoms with Gasteiger partial charge in [-0.2, -0.15) is 0 Å². The average molecular weight is 434 g/mol. The largest absolute Gasteiger partial charge is 0.497 e. The molecule has 0 bridgehead atoms. The summed E-state index contributed by atoms with van der Waals surface area (Å²) in [5.41, 5.74) is 8.02. The number of hydrogen-bond donors (Lipinski definition) is 1. The highest BCUT2D eigenvalue weighted by Gasteiger charge is 2.18. The van der Waals surface area contributed by atoms with Crippen molar-refractivity contribution in [3.63, 3.8) is 0 Å². The fourth-order valence-corrected chi connectivity index (χ4v) is 4.58. The molecule has 2 aromatic heterocycles. The molecule has 31 heavy (non-hydrogen) atoms. The molecule has 0 fully saturated rings. The molecular weight excluding hydrogens is 410 g/mol. The molecule has 0 radical (unpaired) electrons. The molecule has 2 aromatic carbocycles. The third-order valence-electron chi connectivity index (χ3n) is 5.16. The van der Waals surface area contributed by atoms with E-state index in [1.807, 2.05) is 60.0 Å². The second-order valence-electron chi connectivity index (χ2n) is 7.28. The fraction of sp³-hybridized carbons (Fsp3) is 0.208. The minimum atomic E-state index is -0.376. The molecule has 2 N–H and O–H groups in total. The lowest BCUT2D eigenvalue weighted by Crippen LogP contribution is -2.26. The van der Waals surface area contributed by atoms with Crippen molar-refractivity contribution in [3.8, 4) is 16.9 Å². The van der Waals surface area contributed by atoms with E-state index in [4.69, 9.17) is 15.5 Å². The summed E-state index contributed by atoms with van der Waals surface area (Å²) in [4.78, 5) is 30.4. The molecule has 0 spiro atoms. The Morgan fingerprint density at radius 3 is 2.71 bits per heavy atom. The number of carbonyl (C=O) groups excluding carboxylic acids is 1. The van der Waals surface area contributed by atoms with Crippen molar-refractivity contribution in [2.45, 2.75) is 25.8 Å². The summed E-state index contributed by atoms with van der Waals surface area (Å²) in [6.45, 7) is 0.389. The van der Waals surface area contributed by atoms with Gasteiger partial charge in [0.1, 0.15) is 16.4 Å². The fourth-order valence-electron chi connectivity index (χ4n) is 3.62. The zero-order valence-electron chi connectivity index (χ0n) is 17.2. The van der Waals surface area contributed by atoms with Crippen LogP contribution in [-0.2, 0) is 17.8 Å². The Balaban J connectivity index is 1.83. The quantitative estimate of drug-likeness (QED) is 0.455. The van der Waals surface area contributed by atoms with Crippen molar-refractivity contribution in [2.75, 3.05) is 7.11 Å². The number of nitrogens with zero attached hydrogens (tertiary/aromatic N) is 2. The predicted molar refractivity (Wildman–Crippen MR) is 124 cm³/mol. The number of methoxy groups -OCH3 is 1. The Morgan fingerprint density at radius 2 is 1.97 bits per heavy atom. The van der Waals surface area contributed by atoms with E-state index in [0.29, 0.717) is 35.4 Å². The maximum Gasteiger partial charge on any atom is 0.262 e. The Morgan fingerprint density at radius 1 is 1.16 bits per heavy atom. The third-order valence-corrected chi connectivity index (χ3v) is 6.04. The van der Waals surface area contributed by atoms with E-state index < -0.39 is 0 Å². The Hall–Kier alpha value is -3.45. The van der Waals surface area contributed by atoms with Gasteiger partial charge in [-0.15, -0.1) is 11.3 Å². The van der Waals surface area contributed by atoms with Gasteiger partial charge in [0.2, 0.25) is 5.91 Å². The number of ether oxygens (including phenoxy) is 1. The number of aromatic nitrogens is 2. The Kier molecular flexibility index (Phi) is 6.13. The number of rotatable bonds is 8. The predicted octanol–water partition coefficient (Wildman–Crippen LogP) is 3.99. The third kappa shape index (κ3) is 4.51. The number of hydrogen-bond acceptors (Lipinski definition) is 5. The lowest BCUT2D eigenvalue weighted by molar-refractivity contribution is -0.118. The van der Waals surface area contributed by atoms with E-state index in [2.05, 4.69) is 0 Å². The molecule has 0 aliphatic carbocycles. The molecule has 158 valence electrons. The van der Waals surface area contributed by atoms with Gasteiger partial charge in [0.15, 0.2) is 0 Å². The first-order valence-electron chi connectivity index (χ1n) is 10.0. The van der Waals surface area contributed by atoms with Crippen molar-refractivity contribution >= 4 is 27.5 Å². The lowest BCUT2D eigenvalue weighted by Gasteiger charge is -2.13. The van der Waals surface area contributed by atoms with Gasteiger partial charge < -0.3 is 10.5 Å². The van der Waals surface area contributed by atoms with Gasteiger partial charge in [-0.25, -0.2) is 4.98 Å². The monoisotopic (exact) mass is 433 g/mol. The highest BCUT2D eigenvalue weighted by Crippen LogP contribution is 2.33. The summed E-state index contributed by atoms with van der Waals surface area (Å²) in [6.07, 6.45) is 1.25. The summed E-state index contributed by atoms with van der Waals surface area (Å²) in [5.74, 6) is 1.04. The normalized spacial score (nSPS) is 11.0. The minimum Gasteiger partial charge on any atom is -0.497 e. The van der Waals surface area contributed by atoms with Crippen LogP contribution in [0.2, 0.25) is 0 Å². The number of fused-ring (bicyclic) bond motifs is 1. The molecule has 0 unspecified atom stereocenters. The summed E-state index contributed by atoms with van der Waals surface area (Å²) in [5, 5.41) is 2.56. The standard InChI is InChI=1S/C24H23N3O3S/c1-30-18-10-5-9-17(14-18)19-15-31-23-22(19)24(29)27(12-6-11-20(25)28)21(26-23)13-16-7-3-2-4-8-16/h2-5,7-10,14-15H,6,11-13H2,1H3,(H2,25,28). The SMILES string of the molecule is COc1cccc(-c2csc3nc(Cc4ccccc4)n(CCCC(N)=O)c(=O)c23)c1. The lowest BCUT2D eigenvalue weighted by atomic mass is 10.1. The first-order chi connectivity index (χ1) is 15.1. The van der Waals surface area contributed by atoms with E-state index in [9.17, 15) is 9.59 Å². The maximum atomic E-state index is 13.6. The Bertz CT molecular complexity index is 1280. The van der Waals surface area contributed by atoms with E-state index in [1.54, 1.807) is 11.7 Å².